The molecule has 0 bridgehead atoms. The van der Waals surface area contributed by atoms with E-state index in [1.165, 1.54) is 12.0 Å². The Balaban J connectivity index is 2.38. The second-order valence-electron chi connectivity index (χ2n) is 7.93. The van der Waals surface area contributed by atoms with Crippen molar-refractivity contribution in [2.75, 3.05) is 13.8 Å². The first kappa shape index (κ1) is 21.8. The highest BCUT2D eigenvalue weighted by molar-refractivity contribution is 5.86. The van der Waals surface area contributed by atoms with Gasteiger partial charge >= 0.3 is 12.1 Å². The topological polar surface area (TPSA) is 80.9 Å². The minimum absolute atomic E-state index is 0.0882. The Morgan fingerprint density at radius 2 is 1.86 bits per heavy atom. The number of methoxy groups -OCH3 is 1. The maximum absolute atomic E-state index is 12.9. The summed E-state index contributed by atoms with van der Waals surface area (Å²) in [7, 11) is 1.47. The molecular formula is C21H30N2O5. The Labute approximate surface area is 165 Å². The Bertz CT molecular complexity index is 806. The van der Waals surface area contributed by atoms with Crippen molar-refractivity contribution in [3.05, 3.63) is 36.0 Å². The van der Waals surface area contributed by atoms with E-state index in [0.717, 1.165) is 16.5 Å². The van der Waals surface area contributed by atoms with Crippen molar-refractivity contribution in [2.24, 2.45) is 0 Å². The van der Waals surface area contributed by atoms with Crippen molar-refractivity contribution >= 4 is 23.0 Å². The monoisotopic (exact) mass is 390 g/mol. The van der Waals surface area contributed by atoms with Crippen LogP contribution in [0, 0.1) is 0 Å². The lowest BCUT2D eigenvalue weighted by Crippen LogP contribution is -2.50. The zero-order valence-corrected chi connectivity index (χ0v) is 17.4. The number of rotatable bonds is 7. The molecule has 1 atom stereocenters. The lowest BCUT2D eigenvalue weighted by molar-refractivity contribution is -0.155. The Kier molecular flexibility index (Phi) is 7.07. The van der Waals surface area contributed by atoms with E-state index in [9.17, 15) is 9.59 Å². The van der Waals surface area contributed by atoms with E-state index in [0.29, 0.717) is 0 Å². The number of nitrogens with one attached hydrogen (secondary N) is 1. The van der Waals surface area contributed by atoms with Gasteiger partial charge in [-0.15, -0.1) is 0 Å². The molecule has 1 amide bonds. The maximum Gasteiger partial charge on any atom is 0.412 e. The van der Waals surface area contributed by atoms with Gasteiger partial charge in [0.25, 0.3) is 0 Å². The van der Waals surface area contributed by atoms with Crippen LogP contribution in [-0.2, 0) is 25.4 Å². The second kappa shape index (κ2) is 9.10. The molecular weight excluding hydrogens is 360 g/mol. The Hall–Kier alpha value is -2.54. The maximum atomic E-state index is 12.9. The molecule has 7 heteroatoms. The Morgan fingerprint density at radius 1 is 1.18 bits per heavy atom. The quantitative estimate of drug-likeness (QED) is 0.573. The Morgan fingerprint density at radius 3 is 2.46 bits per heavy atom. The van der Waals surface area contributed by atoms with Gasteiger partial charge in [-0.05, 0) is 46.2 Å². The van der Waals surface area contributed by atoms with Crippen LogP contribution in [0.15, 0.2) is 30.5 Å². The molecule has 2 aromatic rings. The number of hydrogen-bond donors (Lipinski definition) is 1. The van der Waals surface area contributed by atoms with E-state index in [1.54, 1.807) is 34.6 Å². The molecule has 0 saturated carbocycles. The second-order valence-corrected chi connectivity index (χ2v) is 7.93. The fourth-order valence-electron chi connectivity index (χ4n) is 2.87. The summed E-state index contributed by atoms with van der Waals surface area (Å²) in [5.41, 5.74) is 1.17. The summed E-state index contributed by atoms with van der Waals surface area (Å²) >= 11 is 0. The number of ether oxygens (including phenoxy) is 3. The summed E-state index contributed by atoms with van der Waals surface area (Å²) in [6.07, 6.45) is 1.19. The van der Waals surface area contributed by atoms with Crippen molar-refractivity contribution in [1.29, 1.82) is 0 Å². The van der Waals surface area contributed by atoms with Gasteiger partial charge in [-0.25, -0.2) is 9.59 Å². The molecule has 0 aliphatic heterocycles. The third kappa shape index (κ3) is 5.73. The lowest BCUT2D eigenvalue weighted by atomic mass is 10.0. The van der Waals surface area contributed by atoms with E-state index >= 15 is 0 Å². The first-order valence-electron chi connectivity index (χ1n) is 9.36. The molecule has 0 fully saturated rings. The molecule has 0 radical (unpaired) electrons. The zero-order valence-electron chi connectivity index (χ0n) is 17.4. The number of para-hydroxylation sites is 1. The van der Waals surface area contributed by atoms with Crippen molar-refractivity contribution in [3.8, 4) is 0 Å². The summed E-state index contributed by atoms with van der Waals surface area (Å²) in [6, 6.07) is 6.92. The average molecular weight is 390 g/mol. The van der Waals surface area contributed by atoms with Gasteiger partial charge in [-0.2, -0.15) is 0 Å². The first-order chi connectivity index (χ1) is 13.1. The van der Waals surface area contributed by atoms with Crippen LogP contribution in [-0.4, -0.2) is 53.5 Å². The summed E-state index contributed by atoms with van der Waals surface area (Å²) in [4.78, 5) is 30.1. The molecule has 7 nitrogen and oxygen atoms in total. The number of carbonyl (C=O) groups is 2. The molecule has 0 saturated heterocycles. The van der Waals surface area contributed by atoms with Crippen LogP contribution in [0.3, 0.4) is 0 Å². The number of carbonyl (C=O) groups excluding carboxylic acids is 2. The molecule has 0 spiro atoms. The number of nitrogens with zero attached hydrogens (tertiary/aromatic N) is 1. The van der Waals surface area contributed by atoms with Crippen LogP contribution < -0.4 is 0 Å². The highest BCUT2D eigenvalue weighted by Gasteiger charge is 2.35. The highest BCUT2D eigenvalue weighted by atomic mass is 16.6. The number of esters is 1. The number of amides is 1. The van der Waals surface area contributed by atoms with Crippen LogP contribution in [0.2, 0.25) is 0 Å². The summed E-state index contributed by atoms with van der Waals surface area (Å²) < 4.78 is 16.1. The number of fused-ring (bicyclic) bond motifs is 1. The van der Waals surface area contributed by atoms with Gasteiger partial charge in [0.1, 0.15) is 18.4 Å². The van der Waals surface area contributed by atoms with E-state index in [4.69, 9.17) is 14.2 Å². The molecule has 1 aromatic heterocycles. The number of benzene rings is 1. The molecule has 0 unspecified atom stereocenters. The third-order valence-electron chi connectivity index (χ3n) is 3.98. The summed E-state index contributed by atoms with van der Waals surface area (Å²) in [6.45, 7) is 8.78. The first-order valence-corrected chi connectivity index (χ1v) is 9.36. The minimum Gasteiger partial charge on any atom is -0.461 e. The lowest BCUT2D eigenvalue weighted by Gasteiger charge is -2.32. The standard InChI is InChI=1S/C21H30N2O5/c1-14(2)27-19(24)18(23(13-26-6)20(25)28-21(3,4)5)11-15-12-22-17-10-8-7-9-16(15)17/h7-10,12,14,18,22H,11,13H2,1-6H3/t18-/m0/s1. The predicted molar refractivity (Wildman–Crippen MR) is 107 cm³/mol. The van der Waals surface area contributed by atoms with Crippen LogP contribution in [0.25, 0.3) is 10.9 Å². The number of hydrogen-bond acceptors (Lipinski definition) is 5. The third-order valence-corrected chi connectivity index (χ3v) is 3.98. The molecule has 1 N–H and O–H groups in total. The van der Waals surface area contributed by atoms with Crippen LogP contribution in [0.5, 0.6) is 0 Å². The molecule has 1 aromatic carbocycles. The summed E-state index contributed by atoms with van der Waals surface area (Å²) in [5, 5.41) is 0.992. The predicted octanol–water partition coefficient (Wildman–Crippen LogP) is 3.87. The zero-order chi connectivity index (χ0) is 20.9. The van der Waals surface area contributed by atoms with Crippen LogP contribution >= 0.6 is 0 Å². The van der Waals surface area contributed by atoms with Crippen molar-refractivity contribution in [1.82, 2.24) is 9.88 Å². The van der Waals surface area contributed by atoms with Gasteiger partial charge in [0.2, 0.25) is 0 Å². The average Bonchev–Trinajstić information content (AvgIpc) is 2.98. The molecule has 154 valence electrons. The fraction of sp³-hybridized carbons (Fsp3) is 0.524. The molecule has 2 rings (SSSR count). The van der Waals surface area contributed by atoms with E-state index in [1.807, 2.05) is 30.5 Å². The van der Waals surface area contributed by atoms with Crippen LogP contribution in [0.4, 0.5) is 4.79 Å². The van der Waals surface area contributed by atoms with Gasteiger partial charge in [-0.1, -0.05) is 18.2 Å². The van der Waals surface area contributed by atoms with Crippen LogP contribution in [0.1, 0.15) is 40.2 Å². The molecule has 1 heterocycles. The van der Waals surface area contributed by atoms with Crippen molar-refractivity contribution in [3.63, 3.8) is 0 Å². The molecule has 0 aliphatic carbocycles. The highest BCUT2D eigenvalue weighted by Crippen LogP contribution is 2.22. The smallest absolute Gasteiger partial charge is 0.412 e. The number of aromatic nitrogens is 1. The van der Waals surface area contributed by atoms with E-state index in [2.05, 4.69) is 4.98 Å². The van der Waals surface area contributed by atoms with Gasteiger partial charge in [-0.3, -0.25) is 4.90 Å². The number of aromatic amines is 1. The molecule has 28 heavy (non-hydrogen) atoms. The fourth-order valence-corrected chi connectivity index (χ4v) is 2.87. The van der Waals surface area contributed by atoms with E-state index < -0.39 is 23.7 Å². The van der Waals surface area contributed by atoms with Gasteiger partial charge in [0, 0.05) is 30.6 Å². The summed E-state index contributed by atoms with van der Waals surface area (Å²) in [5.74, 6) is -0.497. The van der Waals surface area contributed by atoms with Crippen molar-refractivity contribution < 1.29 is 23.8 Å². The van der Waals surface area contributed by atoms with E-state index in [-0.39, 0.29) is 19.3 Å². The SMILES string of the molecule is COCN(C(=O)OC(C)(C)C)[C@@H](Cc1c[nH]c2ccccc12)C(=O)OC(C)C. The number of H-pyrrole nitrogens is 1. The van der Waals surface area contributed by atoms with Gasteiger partial charge < -0.3 is 19.2 Å². The minimum atomic E-state index is -0.878. The van der Waals surface area contributed by atoms with Crippen molar-refractivity contribution in [2.45, 2.75) is 58.8 Å². The van der Waals surface area contributed by atoms with Gasteiger partial charge in [0.05, 0.1) is 6.10 Å². The van der Waals surface area contributed by atoms with Gasteiger partial charge in [0.15, 0.2) is 0 Å². The normalized spacial score (nSPS) is 12.8. The molecule has 0 aliphatic rings. The largest absolute Gasteiger partial charge is 0.461 e.